The molecule has 2 heterocycles. The Bertz CT molecular complexity index is 1440. The van der Waals surface area contributed by atoms with E-state index in [0.29, 0.717) is 43.9 Å². The van der Waals surface area contributed by atoms with Gasteiger partial charge in [-0.15, -0.1) is 20.4 Å². The Balaban J connectivity index is 1.49. The normalized spacial score (nSPS) is 10.8. The molecule has 0 aliphatic rings. The smallest absolute Gasteiger partial charge is 0.251 e. The molecule has 2 aromatic carbocycles. The van der Waals surface area contributed by atoms with Crippen LogP contribution in [0.1, 0.15) is 23.1 Å². The third-order valence-electron chi connectivity index (χ3n) is 5.04. The number of nitrogens with one attached hydrogen (secondary N) is 2. The van der Waals surface area contributed by atoms with Gasteiger partial charge in [-0.2, -0.15) is 0 Å². The molecule has 0 atom stereocenters. The van der Waals surface area contributed by atoms with E-state index >= 15 is 0 Å². The minimum Gasteiger partial charge on any atom is -0.497 e. The van der Waals surface area contributed by atoms with Crippen LogP contribution in [0.25, 0.3) is 5.69 Å². The van der Waals surface area contributed by atoms with Crippen LogP contribution in [0, 0.1) is 0 Å². The minimum atomic E-state index is -0.348. The van der Waals surface area contributed by atoms with E-state index in [-0.39, 0.29) is 24.1 Å². The predicted molar refractivity (Wildman–Crippen MR) is 153 cm³/mol. The summed E-state index contributed by atoms with van der Waals surface area (Å²) in [6.07, 6.45) is 0. The average Bonchev–Trinajstić information content (AvgIpc) is 3.56. The molecule has 4 rings (SSSR count). The summed E-state index contributed by atoms with van der Waals surface area (Å²) < 4.78 is 13.0. The maximum Gasteiger partial charge on any atom is 0.251 e. The summed E-state index contributed by atoms with van der Waals surface area (Å²) in [7, 11) is 3.03. The van der Waals surface area contributed by atoms with Crippen LogP contribution in [0.2, 0.25) is 5.02 Å². The Morgan fingerprint density at radius 3 is 2.49 bits per heavy atom. The second-order valence-corrected chi connectivity index (χ2v) is 11.5. The van der Waals surface area contributed by atoms with Crippen molar-refractivity contribution >= 4 is 63.4 Å². The SMILES string of the molecule is CCSc1nnc(NC(=O)CSc2nnc(CNC(=O)c3cc(OC)cc(OC)c3)n2-c2cccc(Cl)c2)s1. The van der Waals surface area contributed by atoms with Crippen molar-refractivity contribution in [2.75, 3.05) is 31.0 Å². The van der Waals surface area contributed by atoms with Crippen molar-refractivity contribution in [3.63, 3.8) is 0 Å². The number of hydrogen-bond donors (Lipinski definition) is 2. The van der Waals surface area contributed by atoms with Gasteiger partial charge >= 0.3 is 0 Å². The molecule has 15 heteroatoms. The molecular weight excluding hydrogens is 582 g/mol. The third kappa shape index (κ3) is 7.62. The maximum atomic E-state index is 12.9. The third-order valence-corrected chi connectivity index (χ3v) is 8.06. The number of nitrogens with zero attached hydrogens (tertiary/aromatic N) is 5. The fraction of sp³-hybridized carbons (Fsp3) is 0.250. The molecule has 204 valence electrons. The second kappa shape index (κ2) is 13.6. The van der Waals surface area contributed by atoms with Crippen LogP contribution in [0.4, 0.5) is 5.13 Å². The van der Waals surface area contributed by atoms with Crippen molar-refractivity contribution in [3.05, 3.63) is 58.9 Å². The number of carbonyl (C=O) groups excluding carboxylic acids is 2. The maximum absolute atomic E-state index is 12.9. The summed E-state index contributed by atoms with van der Waals surface area (Å²) in [5.41, 5.74) is 1.05. The fourth-order valence-electron chi connectivity index (χ4n) is 3.31. The molecule has 0 saturated heterocycles. The monoisotopic (exact) mass is 605 g/mol. The first kappa shape index (κ1) is 28.7. The van der Waals surface area contributed by atoms with Crippen LogP contribution in [0.5, 0.6) is 11.5 Å². The van der Waals surface area contributed by atoms with Gasteiger partial charge in [0.2, 0.25) is 11.0 Å². The second-order valence-electron chi connectivity index (χ2n) is 7.64. The molecule has 11 nitrogen and oxygen atoms in total. The quantitative estimate of drug-likeness (QED) is 0.175. The zero-order chi connectivity index (χ0) is 27.8. The van der Waals surface area contributed by atoms with Gasteiger partial charge in [-0.25, -0.2) is 0 Å². The Morgan fingerprint density at radius 1 is 1.03 bits per heavy atom. The zero-order valence-electron chi connectivity index (χ0n) is 21.1. The van der Waals surface area contributed by atoms with E-state index in [1.807, 2.05) is 13.0 Å². The Labute approximate surface area is 242 Å². The van der Waals surface area contributed by atoms with Gasteiger partial charge in [-0.05, 0) is 36.1 Å². The number of carbonyl (C=O) groups is 2. The van der Waals surface area contributed by atoms with Crippen molar-refractivity contribution in [1.82, 2.24) is 30.3 Å². The fourth-order valence-corrected chi connectivity index (χ4v) is 5.93. The van der Waals surface area contributed by atoms with Crippen molar-refractivity contribution < 1.29 is 19.1 Å². The number of aromatic nitrogens is 5. The van der Waals surface area contributed by atoms with E-state index in [2.05, 4.69) is 31.0 Å². The van der Waals surface area contributed by atoms with Crippen molar-refractivity contribution in [3.8, 4) is 17.2 Å². The molecule has 0 fully saturated rings. The number of rotatable bonds is 12. The summed E-state index contributed by atoms with van der Waals surface area (Å²) in [5, 5.41) is 23.6. The van der Waals surface area contributed by atoms with E-state index in [0.717, 1.165) is 10.1 Å². The van der Waals surface area contributed by atoms with Gasteiger partial charge in [0.25, 0.3) is 5.91 Å². The first-order valence-corrected chi connectivity index (χ1v) is 14.7. The molecule has 0 aliphatic carbocycles. The molecule has 4 aromatic rings. The topological polar surface area (TPSA) is 133 Å². The van der Waals surface area contributed by atoms with Crippen molar-refractivity contribution in [2.45, 2.75) is 23.0 Å². The van der Waals surface area contributed by atoms with Gasteiger partial charge in [0.15, 0.2) is 15.3 Å². The van der Waals surface area contributed by atoms with Crippen LogP contribution in [0.15, 0.2) is 52.0 Å². The lowest BCUT2D eigenvalue weighted by Gasteiger charge is -2.12. The van der Waals surface area contributed by atoms with Gasteiger partial charge in [0.05, 0.1) is 32.2 Å². The molecule has 0 saturated carbocycles. The molecule has 39 heavy (non-hydrogen) atoms. The van der Waals surface area contributed by atoms with Crippen LogP contribution in [-0.2, 0) is 11.3 Å². The first-order chi connectivity index (χ1) is 18.9. The number of methoxy groups -OCH3 is 2. The molecule has 0 radical (unpaired) electrons. The predicted octanol–water partition coefficient (Wildman–Crippen LogP) is 4.56. The van der Waals surface area contributed by atoms with E-state index in [1.54, 1.807) is 52.7 Å². The molecule has 2 amide bonds. The summed E-state index contributed by atoms with van der Waals surface area (Å²) in [4.78, 5) is 25.5. The molecule has 0 spiro atoms. The highest BCUT2D eigenvalue weighted by atomic mass is 35.5. The largest absolute Gasteiger partial charge is 0.497 e. The number of anilines is 1. The summed E-state index contributed by atoms with van der Waals surface area (Å²) in [6, 6.07) is 12.0. The Morgan fingerprint density at radius 2 is 1.79 bits per heavy atom. The molecule has 0 unspecified atom stereocenters. The van der Waals surface area contributed by atoms with Crippen LogP contribution < -0.4 is 20.1 Å². The van der Waals surface area contributed by atoms with Crippen LogP contribution >= 0.6 is 46.5 Å². The Hall–Kier alpha value is -3.33. The lowest BCUT2D eigenvalue weighted by atomic mass is 10.2. The molecule has 0 aliphatic heterocycles. The van der Waals surface area contributed by atoms with Gasteiger partial charge in [0, 0.05) is 16.7 Å². The molecule has 0 bridgehead atoms. The number of ether oxygens (including phenoxy) is 2. The Kier molecular flexibility index (Phi) is 10.0. The minimum absolute atomic E-state index is 0.0600. The number of halogens is 1. The highest BCUT2D eigenvalue weighted by Gasteiger charge is 2.18. The van der Waals surface area contributed by atoms with Gasteiger partial charge in [-0.3, -0.25) is 19.5 Å². The van der Waals surface area contributed by atoms with Crippen molar-refractivity contribution in [2.24, 2.45) is 0 Å². The lowest BCUT2D eigenvalue weighted by Crippen LogP contribution is -2.24. The summed E-state index contributed by atoms with van der Waals surface area (Å²) in [5.74, 6) is 1.76. The molecular formula is C24H24ClN7O4S3. The highest BCUT2D eigenvalue weighted by Crippen LogP contribution is 2.27. The first-order valence-electron chi connectivity index (χ1n) is 11.5. The zero-order valence-corrected chi connectivity index (χ0v) is 24.3. The number of hydrogen-bond acceptors (Lipinski definition) is 11. The summed E-state index contributed by atoms with van der Waals surface area (Å²) >= 11 is 10.3. The van der Waals surface area contributed by atoms with Gasteiger partial charge in [0.1, 0.15) is 11.5 Å². The lowest BCUT2D eigenvalue weighted by molar-refractivity contribution is -0.113. The average molecular weight is 606 g/mol. The summed E-state index contributed by atoms with van der Waals surface area (Å²) in [6.45, 7) is 2.08. The van der Waals surface area contributed by atoms with Gasteiger partial charge < -0.3 is 14.8 Å². The van der Waals surface area contributed by atoms with Gasteiger partial charge in [-0.1, -0.05) is 59.5 Å². The molecule has 2 aromatic heterocycles. The van der Waals surface area contributed by atoms with Crippen LogP contribution in [-0.4, -0.2) is 62.5 Å². The van der Waals surface area contributed by atoms with E-state index < -0.39 is 0 Å². The van der Waals surface area contributed by atoms with Crippen LogP contribution in [0.3, 0.4) is 0 Å². The van der Waals surface area contributed by atoms with E-state index in [1.165, 1.54) is 37.3 Å². The van der Waals surface area contributed by atoms with E-state index in [4.69, 9.17) is 21.1 Å². The van der Waals surface area contributed by atoms with E-state index in [9.17, 15) is 9.59 Å². The highest BCUT2D eigenvalue weighted by molar-refractivity contribution is 8.01. The standard InChI is InChI=1S/C24H24ClN7O4S3/c1-4-37-24-31-29-22(39-24)27-20(33)13-38-23-30-28-19(32(23)16-7-5-6-15(25)10-16)12-26-21(34)14-8-17(35-2)11-18(9-14)36-3/h5-11H,4,12-13H2,1-3H3,(H,26,34)(H,27,29,33). The molecule has 2 N–H and O–H groups in total. The van der Waals surface area contributed by atoms with Crippen molar-refractivity contribution in [1.29, 1.82) is 0 Å². The number of amides is 2. The number of benzene rings is 2. The number of thioether (sulfide) groups is 2.